The van der Waals surface area contributed by atoms with Gasteiger partial charge in [-0.2, -0.15) is 0 Å². The Morgan fingerprint density at radius 1 is 1.50 bits per heavy atom. The number of amides is 2. The molecule has 1 aromatic rings. The van der Waals surface area contributed by atoms with Gasteiger partial charge in [0.2, 0.25) is 11.8 Å². The van der Waals surface area contributed by atoms with E-state index in [0.29, 0.717) is 26.2 Å². The molecule has 1 fully saturated rings. The van der Waals surface area contributed by atoms with Gasteiger partial charge in [0.05, 0.1) is 24.8 Å². The maximum atomic E-state index is 12.5. The minimum absolute atomic E-state index is 0.0149. The number of ether oxygens (including phenoxy) is 1. The number of aromatic nitrogens is 1. The van der Waals surface area contributed by atoms with E-state index in [0.717, 1.165) is 17.0 Å². The van der Waals surface area contributed by atoms with Crippen molar-refractivity contribution in [2.24, 2.45) is 5.92 Å². The van der Waals surface area contributed by atoms with Crippen LogP contribution in [-0.2, 0) is 20.9 Å². The lowest BCUT2D eigenvalue weighted by molar-refractivity contribution is -0.135. The first kappa shape index (κ1) is 16.5. The molecule has 2 amide bonds. The third kappa shape index (κ3) is 3.47. The van der Waals surface area contributed by atoms with Gasteiger partial charge in [-0.25, -0.2) is 0 Å². The molecule has 0 bridgehead atoms. The Bertz CT molecular complexity index is 535. The molecule has 0 spiro atoms. The van der Waals surface area contributed by atoms with Crippen molar-refractivity contribution in [2.75, 3.05) is 33.9 Å². The summed E-state index contributed by atoms with van der Waals surface area (Å²) >= 11 is 0. The molecule has 2 heterocycles. The van der Waals surface area contributed by atoms with Crippen LogP contribution in [0.4, 0.5) is 0 Å². The summed E-state index contributed by atoms with van der Waals surface area (Å²) in [6.45, 7) is 5.62. The second kappa shape index (κ2) is 6.91. The average Bonchev–Trinajstić information content (AvgIpc) is 3.01. The maximum absolute atomic E-state index is 12.5. The van der Waals surface area contributed by atoms with Gasteiger partial charge in [0.1, 0.15) is 5.76 Å². The van der Waals surface area contributed by atoms with Crippen molar-refractivity contribution in [3.05, 3.63) is 17.0 Å². The summed E-state index contributed by atoms with van der Waals surface area (Å²) in [5.74, 6) is 0.436. The van der Waals surface area contributed by atoms with E-state index in [1.165, 1.54) is 0 Å². The molecule has 0 aromatic carbocycles. The van der Waals surface area contributed by atoms with Gasteiger partial charge < -0.3 is 19.1 Å². The van der Waals surface area contributed by atoms with Crippen LogP contribution < -0.4 is 0 Å². The Balaban J connectivity index is 1.95. The Kier molecular flexibility index (Phi) is 5.18. The molecule has 1 unspecified atom stereocenters. The second-order valence-corrected chi connectivity index (χ2v) is 5.73. The quantitative estimate of drug-likeness (QED) is 0.775. The summed E-state index contributed by atoms with van der Waals surface area (Å²) in [6.07, 6.45) is 0.272. The fourth-order valence-corrected chi connectivity index (χ4v) is 2.71. The second-order valence-electron chi connectivity index (χ2n) is 5.73. The predicted molar refractivity (Wildman–Crippen MR) is 79.0 cm³/mol. The molecule has 1 aliphatic rings. The molecule has 122 valence electrons. The fourth-order valence-electron chi connectivity index (χ4n) is 2.71. The van der Waals surface area contributed by atoms with Crippen LogP contribution in [0, 0.1) is 19.8 Å². The van der Waals surface area contributed by atoms with Crippen LogP contribution in [0.25, 0.3) is 0 Å². The van der Waals surface area contributed by atoms with Crippen LogP contribution in [0.15, 0.2) is 4.52 Å². The average molecular weight is 309 g/mol. The van der Waals surface area contributed by atoms with E-state index in [1.54, 1.807) is 24.0 Å². The molecule has 7 heteroatoms. The normalized spacial score (nSPS) is 18.1. The van der Waals surface area contributed by atoms with Crippen LogP contribution in [0.1, 0.15) is 23.4 Å². The number of carbonyl (C=O) groups excluding carboxylic acids is 2. The third-order valence-corrected chi connectivity index (χ3v) is 4.08. The Labute approximate surface area is 130 Å². The van der Waals surface area contributed by atoms with Gasteiger partial charge in [-0.05, 0) is 13.8 Å². The Morgan fingerprint density at radius 3 is 2.82 bits per heavy atom. The molecule has 22 heavy (non-hydrogen) atoms. The highest BCUT2D eigenvalue weighted by molar-refractivity contribution is 5.89. The van der Waals surface area contributed by atoms with Crippen LogP contribution in [-0.4, -0.2) is 60.6 Å². The predicted octanol–water partition coefficient (Wildman–Crippen LogP) is 0.745. The molecule has 2 rings (SSSR count). The molecule has 0 aliphatic carbocycles. The lowest BCUT2D eigenvalue weighted by Gasteiger charge is -2.21. The number of likely N-dealkylation sites (tertiary alicyclic amines) is 1. The van der Waals surface area contributed by atoms with Crippen molar-refractivity contribution in [1.82, 2.24) is 15.0 Å². The van der Waals surface area contributed by atoms with Gasteiger partial charge >= 0.3 is 0 Å². The van der Waals surface area contributed by atoms with Gasteiger partial charge in [-0.1, -0.05) is 5.16 Å². The lowest BCUT2D eigenvalue weighted by Crippen LogP contribution is -2.35. The van der Waals surface area contributed by atoms with Gasteiger partial charge in [-0.15, -0.1) is 0 Å². The first-order valence-electron chi connectivity index (χ1n) is 7.37. The summed E-state index contributed by atoms with van der Waals surface area (Å²) in [5.41, 5.74) is 1.72. The van der Waals surface area contributed by atoms with Crippen molar-refractivity contribution in [1.29, 1.82) is 0 Å². The van der Waals surface area contributed by atoms with Crippen LogP contribution in [0.2, 0.25) is 0 Å². The number of aryl methyl sites for hydroxylation is 2. The number of rotatable bonds is 6. The SMILES string of the molecule is COCCN1CC(C(=O)N(C)Cc2c(C)noc2C)CC1=O. The van der Waals surface area contributed by atoms with Crippen molar-refractivity contribution < 1.29 is 18.8 Å². The smallest absolute Gasteiger partial charge is 0.228 e. The lowest BCUT2D eigenvalue weighted by atomic mass is 10.1. The summed E-state index contributed by atoms with van der Waals surface area (Å²) < 4.78 is 10.1. The number of carbonyl (C=O) groups is 2. The van der Waals surface area contributed by atoms with E-state index in [4.69, 9.17) is 9.26 Å². The Morgan fingerprint density at radius 2 is 2.23 bits per heavy atom. The maximum Gasteiger partial charge on any atom is 0.228 e. The Hall–Kier alpha value is -1.89. The molecule has 7 nitrogen and oxygen atoms in total. The van der Waals surface area contributed by atoms with Crippen LogP contribution >= 0.6 is 0 Å². The van der Waals surface area contributed by atoms with E-state index in [-0.39, 0.29) is 24.2 Å². The monoisotopic (exact) mass is 309 g/mol. The number of hydrogen-bond donors (Lipinski definition) is 0. The van der Waals surface area contributed by atoms with E-state index >= 15 is 0 Å². The topological polar surface area (TPSA) is 75.9 Å². The van der Waals surface area contributed by atoms with E-state index < -0.39 is 0 Å². The van der Waals surface area contributed by atoms with Crippen LogP contribution in [0.3, 0.4) is 0 Å². The van der Waals surface area contributed by atoms with E-state index in [2.05, 4.69) is 5.16 Å². The van der Waals surface area contributed by atoms with E-state index in [1.807, 2.05) is 13.8 Å². The third-order valence-electron chi connectivity index (χ3n) is 4.08. The number of hydrogen-bond acceptors (Lipinski definition) is 5. The van der Waals surface area contributed by atoms with Crippen molar-refractivity contribution in [2.45, 2.75) is 26.8 Å². The fraction of sp³-hybridized carbons (Fsp3) is 0.667. The molecular weight excluding hydrogens is 286 g/mol. The minimum atomic E-state index is -0.283. The highest BCUT2D eigenvalue weighted by Crippen LogP contribution is 2.21. The summed E-state index contributed by atoms with van der Waals surface area (Å²) in [4.78, 5) is 27.8. The summed E-state index contributed by atoms with van der Waals surface area (Å²) in [7, 11) is 3.34. The van der Waals surface area contributed by atoms with Gasteiger partial charge in [-0.3, -0.25) is 9.59 Å². The molecule has 1 atom stereocenters. The van der Waals surface area contributed by atoms with Gasteiger partial charge in [0.15, 0.2) is 0 Å². The molecular formula is C15H23N3O4. The molecule has 0 saturated carbocycles. The molecule has 0 radical (unpaired) electrons. The van der Waals surface area contributed by atoms with Crippen molar-refractivity contribution in [3.8, 4) is 0 Å². The zero-order valence-corrected chi connectivity index (χ0v) is 13.6. The standard InChI is InChI=1S/C15H23N3O4/c1-10-13(11(2)22-16-10)9-17(3)15(20)12-7-14(19)18(8-12)5-6-21-4/h12H,5-9H2,1-4H3. The molecule has 1 saturated heterocycles. The number of methoxy groups -OCH3 is 1. The summed E-state index contributed by atoms with van der Waals surface area (Å²) in [5, 5.41) is 3.89. The van der Waals surface area contributed by atoms with Gasteiger partial charge in [0.25, 0.3) is 0 Å². The summed E-state index contributed by atoms with van der Waals surface area (Å²) in [6, 6.07) is 0. The van der Waals surface area contributed by atoms with Gasteiger partial charge in [0, 0.05) is 39.2 Å². The first-order valence-corrected chi connectivity index (χ1v) is 7.37. The van der Waals surface area contributed by atoms with E-state index in [9.17, 15) is 9.59 Å². The minimum Gasteiger partial charge on any atom is -0.383 e. The highest BCUT2D eigenvalue weighted by Gasteiger charge is 2.35. The molecule has 1 aromatic heterocycles. The molecule has 0 N–H and O–H groups in total. The zero-order valence-electron chi connectivity index (χ0n) is 13.6. The first-order chi connectivity index (χ1) is 10.4. The van der Waals surface area contributed by atoms with Crippen LogP contribution in [0.5, 0.6) is 0 Å². The van der Waals surface area contributed by atoms with Crippen molar-refractivity contribution in [3.63, 3.8) is 0 Å². The zero-order chi connectivity index (χ0) is 16.3. The molecule has 1 aliphatic heterocycles. The van der Waals surface area contributed by atoms with Crippen molar-refractivity contribution >= 4 is 11.8 Å². The highest BCUT2D eigenvalue weighted by atomic mass is 16.5. The largest absolute Gasteiger partial charge is 0.383 e. The number of nitrogens with zero attached hydrogens (tertiary/aromatic N) is 3.